The molecule has 2 aromatic rings. The Morgan fingerprint density at radius 3 is 2.94 bits per heavy atom. The maximum atomic E-state index is 6.28. The van der Waals surface area contributed by atoms with E-state index in [4.69, 9.17) is 11.6 Å². The lowest BCUT2D eigenvalue weighted by Crippen LogP contribution is -2.20. The first-order valence-corrected chi connectivity index (χ1v) is 6.06. The summed E-state index contributed by atoms with van der Waals surface area (Å²) in [5.74, 6) is 0. The third-order valence-electron chi connectivity index (χ3n) is 3.54. The lowest BCUT2D eigenvalue weighted by atomic mass is 9.85. The molecular weight excluding hydrogens is 218 g/mol. The van der Waals surface area contributed by atoms with Gasteiger partial charge in [-0.1, -0.05) is 35.9 Å². The largest absolute Gasteiger partial charge is 0.313 e. The highest BCUT2D eigenvalue weighted by atomic mass is 35.5. The van der Waals surface area contributed by atoms with E-state index in [2.05, 4.69) is 29.6 Å². The monoisotopic (exact) mass is 231 g/mol. The van der Waals surface area contributed by atoms with Crippen molar-refractivity contribution in [3.8, 4) is 0 Å². The summed E-state index contributed by atoms with van der Waals surface area (Å²) in [7, 11) is 2.03. The summed E-state index contributed by atoms with van der Waals surface area (Å²) < 4.78 is 0. The van der Waals surface area contributed by atoms with E-state index < -0.39 is 0 Å². The molecule has 1 nitrogen and oxygen atoms in total. The van der Waals surface area contributed by atoms with Crippen molar-refractivity contribution < 1.29 is 0 Å². The molecule has 0 saturated heterocycles. The summed E-state index contributed by atoms with van der Waals surface area (Å²) in [6.45, 7) is 0. The Labute approximate surface area is 100 Å². The summed E-state index contributed by atoms with van der Waals surface area (Å²) in [4.78, 5) is 0. The van der Waals surface area contributed by atoms with E-state index in [9.17, 15) is 0 Å². The fourth-order valence-corrected chi connectivity index (χ4v) is 2.99. The zero-order valence-corrected chi connectivity index (χ0v) is 10.0. The van der Waals surface area contributed by atoms with Gasteiger partial charge in [-0.25, -0.2) is 0 Å². The van der Waals surface area contributed by atoms with Crippen LogP contribution in [0, 0.1) is 0 Å². The lowest BCUT2D eigenvalue weighted by Gasteiger charge is -2.26. The Balaban J connectivity index is 2.39. The van der Waals surface area contributed by atoms with Gasteiger partial charge in [-0.2, -0.15) is 0 Å². The molecule has 82 valence electrons. The van der Waals surface area contributed by atoms with Crippen molar-refractivity contribution in [1.82, 2.24) is 5.32 Å². The smallest absolute Gasteiger partial charge is 0.0444 e. The Kier molecular flexibility index (Phi) is 2.38. The summed E-state index contributed by atoms with van der Waals surface area (Å²) in [6, 6.07) is 11.1. The molecule has 3 rings (SSSR count). The van der Waals surface area contributed by atoms with Crippen LogP contribution in [-0.2, 0) is 6.42 Å². The van der Waals surface area contributed by atoms with Crippen LogP contribution in [0.2, 0.25) is 5.02 Å². The zero-order valence-electron chi connectivity index (χ0n) is 9.26. The summed E-state index contributed by atoms with van der Waals surface area (Å²) in [5, 5.41) is 6.96. The topological polar surface area (TPSA) is 12.0 Å². The molecule has 0 saturated carbocycles. The van der Waals surface area contributed by atoms with Gasteiger partial charge in [0.25, 0.3) is 0 Å². The molecule has 0 spiro atoms. The molecule has 1 unspecified atom stereocenters. The zero-order chi connectivity index (χ0) is 11.1. The normalized spacial score (nSPS) is 19.0. The van der Waals surface area contributed by atoms with Gasteiger partial charge in [-0.15, -0.1) is 0 Å². The molecule has 2 aromatic carbocycles. The average molecular weight is 232 g/mol. The minimum atomic E-state index is 0.467. The molecule has 1 atom stereocenters. The van der Waals surface area contributed by atoms with Crippen molar-refractivity contribution in [2.75, 3.05) is 7.05 Å². The molecule has 0 amide bonds. The molecule has 0 fully saturated rings. The van der Waals surface area contributed by atoms with Crippen LogP contribution in [0.1, 0.15) is 23.6 Å². The minimum absolute atomic E-state index is 0.467. The second-order valence-corrected chi connectivity index (χ2v) is 4.76. The van der Waals surface area contributed by atoms with Gasteiger partial charge >= 0.3 is 0 Å². The highest BCUT2D eigenvalue weighted by molar-refractivity contribution is 6.32. The van der Waals surface area contributed by atoms with Crippen LogP contribution in [0.4, 0.5) is 0 Å². The number of aryl methyl sites for hydroxylation is 1. The van der Waals surface area contributed by atoms with E-state index in [1.165, 1.54) is 21.9 Å². The van der Waals surface area contributed by atoms with Gasteiger partial charge < -0.3 is 5.32 Å². The van der Waals surface area contributed by atoms with Crippen LogP contribution >= 0.6 is 11.6 Å². The van der Waals surface area contributed by atoms with Crippen molar-refractivity contribution >= 4 is 22.4 Å². The highest BCUT2D eigenvalue weighted by Gasteiger charge is 2.21. The summed E-state index contributed by atoms with van der Waals surface area (Å²) >= 11 is 6.28. The first-order valence-electron chi connectivity index (χ1n) is 5.68. The van der Waals surface area contributed by atoms with E-state index in [0.29, 0.717) is 6.04 Å². The van der Waals surface area contributed by atoms with Gasteiger partial charge in [0.05, 0.1) is 0 Å². The van der Waals surface area contributed by atoms with Crippen LogP contribution < -0.4 is 5.32 Å². The maximum Gasteiger partial charge on any atom is 0.0444 e. The SMILES string of the molecule is CNC1CCc2c(Cl)ccc3cccc1c23. The Hall–Kier alpha value is -1.05. The van der Waals surface area contributed by atoms with Crippen molar-refractivity contribution in [2.45, 2.75) is 18.9 Å². The van der Waals surface area contributed by atoms with E-state index in [0.717, 1.165) is 17.9 Å². The summed E-state index contributed by atoms with van der Waals surface area (Å²) in [6.07, 6.45) is 2.20. The van der Waals surface area contributed by atoms with Crippen LogP contribution in [0.25, 0.3) is 10.8 Å². The van der Waals surface area contributed by atoms with Crippen LogP contribution in [0.15, 0.2) is 30.3 Å². The van der Waals surface area contributed by atoms with Crippen molar-refractivity contribution in [3.05, 3.63) is 46.5 Å². The van der Waals surface area contributed by atoms with Crippen molar-refractivity contribution in [2.24, 2.45) is 0 Å². The number of nitrogens with one attached hydrogen (secondary N) is 1. The van der Waals surface area contributed by atoms with Gasteiger partial charge in [-0.3, -0.25) is 0 Å². The molecular formula is C14H14ClN. The molecule has 0 aromatic heterocycles. The third-order valence-corrected chi connectivity index (χ3v) is 3.89. The first kappa shape index (κ1) is 10.1. The van der Waals surface area contributed by atoms with Gasteiger partial charge in [0.2, 0.25) is 0 Å². The van der Waals surface area contributed by atoms with E-state index in [-0.39, 0.29) is 0 Å². The minimum Gasteiger partial charge on any atom is -0.313 e. The van der Waals surface area contributed by atoms with Crippen LogP contribution in [0.5, 0.6) is 0 Å². The van der Waals surface area contributed by atoms with Crippen LogP contribution in [0.3, 0.4) is 0 Å². The molecule has 1 aliphatic rings. The van der Waals surface area contributed by atoms with Crippen molar-refractivity contribution in [3.63, 3.8) is 0 Å². The Morgan fingerprint density at radius 1 is 1.25 bits per heavy atom. The summed E-state index contributed by atoms with van der Waals surface area (Å²) in [5.41, 5.74) is 2.71. The number of hydrogen-bond donors (Lipinski definition) is 1. The molecule has 1 N–H and O–H groups in total. The average Bonchev–Trinajstić information content (AvgIpc) is 2.34. The Morgan fingerprint density at radius 2 is 2.12 bits per heavy atom. The second-order valence-electron chi connectivity index (χ2n) is 4.35. The predicted molar refractivity (Wildman–Crippen MR) is 69.1 cm³/mol. The Bertz CT molecular complexity index is 548. The fraction of sp³-hybridized carbons (Fsp3) is 0.286. The molecule has 16 heavy (non-hydrogen) atoms. The predicted octanol–water partition coefficient (Wildman–Crippen LogP) is 3.70. The number of hydrogen-bond acceptors (Lipinski definition) is 1. The third kappa shape index (κ3) is 1.35. The number of benzene rings is 2. The van der Waals surface area contributed by atoms with Gasteiger partial charge in [0, 0.05) is 11.1 Å². The number of rotatable bonds is 1. The van der Waals surface area contributed by atoms with Gasteiger partial charge in [0.1, 0.15) is 0 Å². The molecule has 0 radical (unpaired) electrons. The highest BCUT2D eigenvalue weighted by Crippen LogP contribution is 2.38. The molecule has 0 bridgehead atoms. The van der Waals surface area contributed by atoms with Crippen molar-refractivity contribution in [1.29, 1.82) is 0 Å². The molecule has 0 aliphatic heterocycles. The quantitative estimate of drug-likeness (QED) is 0.789. The fourth-order valence-electron chi connectivity index (χ4n) is 2.74. The lowest BCUT2D eigenvalue weighted by molar-refractivity contribution is 0.543. The van der Waals surface area contributed by atoms with Gasteiger partial charge in [0.15, 0.2) is 0 Å². The second kappa shape index (κ2) is 3.76. The van der Waals surface area contributed by atoms with Crippen LogP contribution in [-0.4, -0.2) is 7.05 Å². The molecule has 1 aliphatic carbocycles. The molecule has 2 heteroatoms. The van der Waals surface area contributed by atoms with E-state index >= 15 is 0 Å². The molecule has 0 heterocycles. The first-order chi connectivity index (χ1) is 7.81. The number of halogens is 1. The van der Waals surface area contributed by atoms with E-state index in [1.54, 1.807) is 0 Å². The maximum absolute atomic E-state index is 6.28. The van der Waals surface area contributed by atoms with E-state index in [1.807, 2.05) is 13.1 Å². The standard InChI is InChI=1S/C14H14ClN/c1-16-13-8-6-10-12(15)7-5-9-3-2-4-11(13)14(9)10/h2-5,7,13,16H,6,8H2,1H3. The van der Waals surface area contributed by atoms with Gasteiger partial charge in [-0.05, 0) is 47.9 Å².